The van der Waals surface area contributed by atoms with E-state index in [0.29, 0.717) is 24.6 Å². The van der Waals surface area contributed by atoms with Crippen molar-refractivity contribution in [1.82, 2.24) is 5.32 Å². The Morgan fingerprint density at radius 2 is 2.14 bits per heavy atom. The molecule has 118 valence electrons. The Bertz CT molecular complexity index is 466. The van der Waals surface area contributed by atoms with Gasteiger partial charge >= 0.3 is 6.03 Å². The first-order valence-electron chi connectivity index (χ1n) is 7.07. The predicted molar refractivity (Wildman–Crippen MR) is 80.1 cm³/mol. The minimum absolute atomic E-state index is 0.162. The minimum Gasteiger partial charge on any atom is -0.492 e. The van der Waals surface area contributed by atoms with Crippen molar-refractivity contribution in [2.24, 2.45) is 5.92 Å². The highest BCUT2D eigenvalue weighted by molar-refractivity contribution is 5.90. The van der Waals surface area contributed by atoms with Crippen LogP contribution >= 0.6 is 0 Å². The Morgan fingerprint density at radius 1 is 1.43 bits per heavy atom. The van der Waals surface area contributed by atoms with Crippen molar-refractivity contribution in [1.29, 1.82) is 0 Å². The maximum absolute atomic E-state index is 13.1. The highest BCUT2D eigenvalue weighted by atomic mass is 19.1. The molecule has 1 aromatic carbocycles. The lowest BCUT2D eigenvalue weighted by atomic mass is 10.1. The Morgan fingerprint density at radius 3 is 2.76 bits per heavy atom. The summed E-state index contributed by atoms with van der Waals surface area (Å²) in [6.07, 6.45) is 0.0245. The van der Waals surface area contributed by atoms with Gasteiger partial charge in [-0.25, -0.2) is 9.18 Å². The number of halogens is 1. The molecular formula is C15H23FN2O3. The molecule has 0 aliphatic rings. The van der Waals surface area contributed by atoms with Gasteiger partial charge in [0.25, 0.3) is 0 Å². The molecule has 1 unspecified atom stereocenters. The topological polar surface area (TPSA) is 70.6 Å². The number of ether oxygens (including phenoxy) is 1. The van der Waals surface area contributed by atoms with E-state index < -0.39 is 18.0 Å². The normalized spacial score (nSPS) is 12.1. The summed E-state index contributed by atoms with van der Waals surface area (Å²) in [6.45, 7) is 6.30. The summed E-state index contributed by atoms with van der Waals surface area (Å²) in [5.41, 5.74) is 0.383. The molecule has 0 aliphatic heterocycles. The maximum Gasteiger partial charge on any atom is 0.319 e. The number of anilines is 1. The zero-order valence-corrected chi connectivity index (χ0v) is 12.6. The molecule has 0 bridgehead atoms. The van der Waals surface area contributed by atoms with E-state index in [-0.39, 0.29) is 12.3 Å². The summed E-state index contributed by atoms with van der Waals surface area (Å²) >= 11 is 0. The highest BCUT2D eigenvalue weighted by Crippen LogP contribution is 2.25. The largest absolute Gasteiger partial charge is 0.492 e. The molecule has 21 heavy (non-hydrogen) atoms. The number of nitrogens with one attached hydrogen (secondary N) is 2. The van der Waals surface area contributed by atoms with Gasteiger partial charge in [0, 0.05) is 12.6 Å². The van der Waals surface area contributed by atoms with Crippen LogP contribution in [0.5, 0.6) is 5.75 Å². The van der Waals surface area contributed by atoms with Crippen LogP contribution in [-0.4, -0.2) is 30.4 Å². The molecule has 0 saturated heterocycles. The van der Waals surface area contributed by atoms with Crippen LogP contribution in [-0.2, 0) is 0 Å². The summed E-state index contributed by atoms with van der Waals surface area (Å²) < 4.78 is 18.4. The van der Waals surface area contributed by atoms with E-state index in [9.17, 15) is 14.3 Å². The van der Waals surface area contributed by atoms with E-state index in [1.165, 1.54) is 18.2 Å². The lowest BCUT2D eigenvalue weighted by Crippen LogP contribution is -2.35. The van der Waals surface area contributed by atoms with Gasteiger partial charge in [0.15, 0.2) is 0 Å². The van der Waals surface area contributed by atoms with Crippen molar-refractivity contribution in [2.75, 3.05) is 18.5 Å². The molecule has 5 nitrogen and oxygen atoms in total. The fourth-order valence-corrected chi connectivity index (χ4v) is 1.88. The molecule has 0 aromatic heterocycles. The van der Waals surface area contributed by atoms with Crippen LogP contribution in [0.15, 0.2) is 18.2 Å². The van der Waals surface area contributed by atoms with Crippen LogP contribution in [0.3, 0.4) is 0 Å². The average molecular weight is 298 g/mol. The average Bonchev–Trinajstić information content (AvgIpc) is 2.39. The zero-order valence-electron chi connectivity index (χ0n) is 12.6. The Kier molecular flexibility index (Phi) is 6.94. The lowest BCUT2D eigenvalue weighted by molar-refractivity contribution is 0.148. The molecule has 2 amide bonds. The van der Waals surface area contributed by atoms with Crippen LogP contribution in [0.25, 0.3) is 0 Å². The van der Waals surface area contributed by atoms with Gasteiger partial charge in [-0.3, -0.25) is 0 Å². The fourth-order valence-electron chi connectivity index (χ4n) is 1.88. The number of rotatable bonds is 7. The molecule has 0 radical (unpaired) electrons. The number of hydrogen-bond acceptors (Lipinski definition) is 3. The summed E-state index contributed by atoms with van der Waals surface area (Å²) in [7, 11) is 0. The van der Waals surface area contributed by atoms with E-state index in [2.05, 4.69) is 10.6 Å². The quantitative estimate of drug-likeness (QED) is 0.725. The van der Waals surface area contributed by atoms with E-state index in [1.807, 2.05) is 13.8 Å². The molecule has 1 rings (SSSR count). The monoisotopic (exact) mass is 298 g/mol. The van der Waals surface area contributed by atoms with Gasteiger partial charge in [-0.2, -0.15) is 0 Å². The van der Waals surface area contributed by atoms with Crippen LogP contribution in [0, 0.1) is 11.7 Å². The molecular weight excluding hydrogens is 275 g/mol. The van der Waals surface area contributed by atoms with Crippen LogP contribution < -0.4 is 15.4 Å². The molecule has 3 N–H and O–H groups in total. The molecule has 6 heteroatoms. The number of hydrogen-bond donors (Lipinski definition) is 3. The number of carbonyl (C=O) groups is 1. The van der Waals surface area contributed by atoms with E-state index in [1.54, 1.807) is 6.92 Å². The van der Waals surface area contributed by atoms with Crippen LogP contribution in [0.2, 0.25) is 0 Å². The van der Waals surface area contributed by atoms with Gasteiger partial charge in [-0.15, -0.1) is 0 Å². The smallest absolute Gasteiger partial charge is 0.319 e. The Hall–Kier alpha value is -1.82. The summed E-state index contributed by atoms with van der Waals surface area (Å²) in [5, 5.41) is 14.8. The number of carbonyl (C=O) groups excluding carboxylic acids is 1. The predicted octanol–water partition coefficient (Wildman–Crippen LogP) is 2.75. The molecule has 0 spiro atoms. The summed E-state index contributed by atoms with van der Waals surface area (Å²) in [6, 6.07) is 3.42. The Balaban J connectivity index is 2.54. The maximum atomic E-state index is 13.1. The van der Waals surface area contributed by atoms with Crippen LogP contribution in [0.1, 0.15) is 27.2 Å². The molecule has 1 aromatic rings. The molecule has 0 aliphatic carbocycles. The first kappa shape index (κ1) is 17.2. The second-order valence-corrected chi connectivity index (χ2v) is 5.19. The standard InChI is InChI=1S/C15H23FN2O3/c1-4-21-14-8-11(16)5-6-13(14)18-15(20)17-9-12(19)7-10(2)3/h5-6,8,10,12,19H,4,7,9H2,1-3H3,(H2,17,18,20). The first-order valence-corrected chi connectivity index (χ1v) is 7.07. The van der Waals surface area contributed by atoms with Crippen molar-refractivity contribution in [3.05, 3.63) is 24.0 Å². The molecule has 0 heterocycles. The van der Waals surface area contributed by atoms with Crippen molar-refractivity contribution < 1.29 is 19.0 Å². The lowest BCUT2D eigenvalue weighted by Gasteiger charge is -2.15. The number of aliphatic hydroxyl groups is 1. The minimum atomic E-state index is -0.588. The number of aliphatic hydroxyl groups excluding tert-OH is 1. The van der Waals surface area contributed by atoms with Crippen LogP contribution in [0.4, 0.5) is 14.9 Å². The third kappa shape index (κ3) is 6.44. The van der Waals surface area contributed by atoms with Gasteiger partial charge < -0.3 is 20.5 Å². The Labute approximate surface area is 124 Å². The van der Waals surface area contributed by atoms with E-state index in [0.717, 1.165) is 0 Å². The van der Waals surface area contributed by atoms with E-state index >= 15 is 0 Å². The third-order valence-electron chi connectivity index (χ3n) is 2.73. The number of benzene rings is 1. The summed E-state index contributed by atoms with van der Waals surface area (Å²) in [5.74, 6) is 0.193. The second-order valence-electron chi connectivity index (χ2n) is 5.19. The SMILES string of the molecule is CCOc1cc(F)ccc1NC(=O)NCC(O)CC(C)C. The second kappa shape index (κ2) is 8.46. The number of amides is 2. The molecule has 1 atom stereocenters. The van der Waals surface area contributed by atoms with Crippen molar-refractivity contribution in [2.45, 2.75) is 33.3 Å². The van der Waals surface area contributed by atoms with E-state index in [4.69, 9.17) is 4.74 Å². The first-order chi connectivity index (χ1) is 9.92. The highest BCUT2D eigenvalue weighted by Gasteiger charge is 2.11. The third-order valence-corrected chi connectivity index (χ3v) is 2.73. The zero-order chi connectivity index (χ0) is 15.8. The van der Waals surface area contributed by atoms with Crippen molar-refractivity contribution in [3.8, 4) is 5.75 Å². The van der Waals surface area contributed by atoms with Gasteiger partial charge in [-0.1, -0.05) is 13.8 Å². The van der Waals surface area contributed by atoms with Crippen molar-refractivity contribution in [3.63, 3.8) is 0 Å². The van der Waals surface area contributed by atoms with Gasteiger partial charge in [0.1, 0.15) is 11.6 Å². The fraction of sp³-hybridized carbons (Fsp3) is 0.533. The molecule has 0 saturated carbocycles. The molecule has 0 fully saturated rings. The summed E-state index contributed by atoms with van der Waals surface area (Å²) in [4.78, 5) is 11.8. The number of urea groups is 1. The van der Waals surface area contributed by atoms with Gasteiger partial charge in [0.2, 0.25) is 0 Å². The van der Waals surface area contributed by atoms with Gasteiger partial charge in [0.05, 0.1) is 18.4 Å². The van der Waals surface area contributed by atoms with Crippen molar-refractivity contribution >= 4 is 11.7 Å². The van der Waals surface area contributed by atoms with Gasteiger partial charge in [-0.05, 0) is 31.4 Å².